The molecule has 2 N–H and O–H groups in total. The Morgan fingerprint density at radius 3 is 2.82 bits per heavy atom. The lowest BCUT2D eigenvalue weighted by molar-refractivity contribution is 0.135. The van der Waals surface area contributed by atoms with Gasteiger partial charge in [-0.2, -0.15) is 0 Å². The number of hydrogen-bond donors (Lipinski definition) is 2. The van der Waals surface area contributed by atoms with Crippen LogP contribution in [0.1, 0.15) is 31.7 Å². The van der Waals surface area contributed by atoms with Crippen LogP contribution in [-0.4, -0.2) is 21.3 Å². The summed E-state index contributed by atoms with van der Waals surface area (Å²) in [7, 11) is 0. The lowest BCUT2D eigenvalue weighted by Crippen LogP contribution is -2.37. The summed E-state index contributed by atoms with van der Waals surface area (Å²) in [4.78, 5) is 25.3. The maximum absolute atomic E-state index is 11.8. The van der Waals surface area contributed by atoms with Crippen molar-refractivity contribution in [3.63, 3.8) is 0 Å². The Kier molecular flexibility index (Phi) is 3.83. The molecular weight excluding hydrogens is 288 g/mol. The molecule has 1 heterocycles. The lowest BCUT2D eigenvalue weighted by atomic mass is 9.85. The molecule has 6 heteroatoms. The van der Waals surface area contributed by atoms with E-state index in [9.17, 15) is 14.7 Å². The molecule has 17 heavy (non-hydrogen) atoms. The third-order valence-corrected chi connectivity index (χ3v) is 3.95. The van der Waals surface area contributed by atoms with Gasteiger partial charge in [0.1, 0.15) is 0 Å². The summed E-state index contributed by atoms with van der Waals surface area (Å²) >= 11 is 3.12. The number of aromatic amines is 1. The van der Waals surface area contributed by atoms with Crippen LogP contribution in [0.2, 0.25) is 0 Å². The van der Waals surface area contributed by atoms with Gasteiger partial charge < -0.3 is 5.11 Å². The molecule has 0 aromatic carbocycles. The number of hydrogen-bond acceptors (Lipinski definition) is 3. The number of rotatable bonds is 2. The van der Waals surface area contributed by atoms with E-state index in [1.165, 1.54) is 10.8 Å². The Morgan fingerprint density at radius 2 is 2.12 bits per heavy atom. The lowest BCUT2D eigenvalue weighted by Gasteiger charge is -2.31. The maximum Gasteiger partial charge on any atom is 0.328 e. The number of nitrogens with zero attached hydrogens (tertiary/aromatic N) is 1. The quantitative estimate of drug-likeness (QED) is 0.856. The monoisotopic (exact) mass is 302 g/mol. The zero-order valence-electron chi connectivity index (χ0n) is 9.36. The molecule has 0 radical (unpaired) electrons. The Bertz CT molecular complexity index is 508. The first-order valence-corrected chi connectivity index (χ1v) is 6.54. The Balaban J connectivity index is 2.41. The summed E-state index contributed by atoms with van der Waals surface area (Å²) < 4.78 is 1.88. The van der Waals surface area contributed by atoms with E-state index in [2.05, 4.69) is 20.9 Å². The van der Waals surface area contributed by atoms with Gasteiger partial charge >= 0.3 is 5.69 Å². The van der Waals surface area contributed by atoms with Crippen LogP contribution >= 0.6 is 15.9 Å². The van der Waals surface area contributed by atoms with Gasteiger partial charge in [-0.1, -0.05) is 12.8 Å². The first-order chi connectivity index (χ1) is 8.13. The topological polar surface area (TPSA) is 75.1 Å². The zero-order chi connectivity index (χ0) is 12.4. The average molecular weight is 303 g/mol. The van der Waals surface area contributed by atoms with E-state index in [-0.39, 0.29) is 18.6 Å². The summed E-state index contributed by atoms with van der Waals surface area (Å²) in [6.45, 7) is 0.0772. The van der Waals surface area contributed by atoms with Crippen molar-refractivity contribution in [2.24, 2.45) is 5.92 Å². The second-order valence-corrected chi connectivity index (χ2v) is 5.29. The Labute approximate surface area is 107 Å². The minimum atomic E-state index is -0.414. The largest absolute Gasteiger partial charge is 0.396 e. The summed E-state index contributed by atoms with van der Waals surface area (Å²) in [5.41, 5.74) is -0.814. The molecule has 94 valence electrons. The molecule has 0 amide bonds. The molecule has 1 saturated carbocycles. The van der Waals surface area contributed by atoms with E-state index in [1.54, 1.807) is 0 Å². The first-order valence-electron chi connectivity index (χ1n) is 5.75. The predicted octanol–water partition coefficient (Wildman–Crippen LogP) is 1.02. The number of aliphatic hydroxyl groups is 1. The highest BCUT2D eigenvalue weighted by Gasteiger charge is 2.26. The molecule has 1 aliphatic rings. The summed E-state index contributed by atoms with van der Waals surface area (Å²) in [6, 6.07) is -0.0191. The van der Waals surface area contributed by atoms with Crippen molar-refractivity contribution < 1.29 is 5.11 Å². The highest BCUT2D eigenvalue weighted by Crippen LogP contribution is 2.32. The van der Waals surface area contributed by atoms with Gasteiger partial charge in [0.25, 0.3) is 5.56 Å². The van der Waals surface area contributed by atoms with Crippen LogP contribution in [0.5, 0.6) is 0 Å². The first kappa shape index (κ1) is 12.6. The zero-order valence-corrected chi connectivity index (χ0v) is 10.9. The minimum Gasteiger partial charge on any atom is -0.396 e. The molecule has 2 rings (SSSR count). The standard InChI is InChI=1S/C11H15BrN2O3/c12-8-5-14(11(17)13-10(8)16)9-4-2-1-3-7(9)6-15/h5,7,9,15H,1-4,6H2,(H,13,16,17)/t7-,9-/m0/s1. The second-order valence-electron chi connectivity index (χ2n) is 4.44. The number of aliphatic hydroxyl groups excluding tert-OH is 1. The van der Waals surface area contributed by atoms with Gasteiger partial charge in [-0.25, -0.2) is 4.79 Å². The summed E-state index contributed by atoms with van der Waals surface area (Å²) in [5.74, 6) is 0.0965. The van der Waals surface area contributed by atoms with Crippen molar-refractivity contribution >= 4 is 15.9 Å². The van der Waals surface area contributed by atoms with Crippen LogP contribution in [0.3, 0.4) is 0 Å². The summed E-state index contributed by atoms with van der Waals surface area (Å²) in [5, 5.41) is 9.34. The molecule has 1 aliphatic carbocycles. The minimum absolute atomic E-state index is 0.0191. The molecule has 1 fully saturated rings. The van der Waals surface area contributed by atoms with E-state index in [4.69, 9.17) is 0 Å². The van der Waals surface area contributed by atoms with Crippen molar-refractivity contribution in [1.29, 1.82) is 0 Å². The van der Waals surface area contributed by atoms with Gasteiger partial charge in [0, 0.05) is 24.8 Å². The number of aromatic nitrogens is 2. The molecule has 0 unspecified atom stereocenters. The van der Waals surface area contributed by atoms with Gasteiger partial charge in [-0.15, -0.1) is 0 Å². The second kappa shape index (κ2) is 5.18. The predicted molar refractivity (Wildman–Crippen MR) is 67.1 cm³/mol. The molecule has 2 atom stereocenters. The number of nitrogens with one attached hydrogen (secondary N) is 1. The van der Waals surface area contributed by atoms with Crippen molar-refractivity contribution in [3.05, 3.63) is 31.5 Å². The van der Waals surface area contributed by atoms with Crippen LogP contribution < -0.4 is 11.2 Å². The smallest absolute Gasteiger partial charge is 0.328 e. The van der Waals surface area contributed by atoms with E-state index >= 15 is 0 Å². The highest BCUT2D eigenvalue weighted by atomic mass is 79.9. The average Bonchev–Trinajstić information content (AvgIpc) is 2.34. The summed E-state index contributed by atoms with van der Waals surface area (Å²) in [6.07, 6.45) is 5.44. The third-order valence-electron chi connectivity index (χ3n) is 3.39. The normalized spacial score (nSPS) is 24.8. The van der Waals surface area contributed by atoms with Gasteiger partial charge in [-0.05, 0) is 28.8 Å². The van der Waals surface area contributed by atoms with Gasteiger partial charge in [-0.3, -0.25) is 14.3 Å². The number of H-pyrrole nitrogens is 1. The van der Waals surface area contributed by atoms with Crippen molar-refractivity contribution in [2.75, 3.05) is 6.61 Å². The maximum atomic E-state index is 11.8. The fraction of sp³-hybridized carbons (Fsp3) is 0.636. The fourth-order valence-corrected chi connectivity index (χ4v) is 2.79. The van der Waals surface area contributed by atoms with Crippen LogP contribution in [0.15, 0.2) is 20.3 Å². The number of halogens is 1. The van der Waals surface area contributed by atoms with E-state index < -0.39 is 11.2 Å². The van der Waals surface area contributed by atoms with Gasteiger partial charge in [0.05, 0.1) is 4.47 Å². The Morgan fingerprint density at radius 1 is 1.41 bits per heavy atom. The van der Waals surface area contributed by atoms with Gasteiger partial charge in [0.15, 0.2) is 0 Å². The van der Waals surface area contributed by atoms with Crippen LogP contribution in [0.4, 0.5) is 0 Å². The molecule has 0 spiro atoms. The van der Waals surface area contributed by atoms with Crippen molar-refractivity contribution in [1.82, 2.24) is 9.55 Å². The van der Waals surface area contributed by atoms with E-state index in [0.29, 0.717) is 4.47 Å². The molecule has 1 aromatic heterocycles. The fourth-order valence-electron chi connectivity index (χ4n) is 2.47. The van der Waals surface area contributed by atoms with Gasteiger partial charge in [0.2, 0.25) is 0 Å². The van der Waals surface area contributed by atoms with Crippen molar-refractivity contribution in [3.8, 4) is 0 Å². The van der Waals surface area contributed by atoms with Crippen LogP contribution in [0.25, 0.3) is 0 Å². The molecular formula is C11H15BrN2O3. The molecule has 1 aromatic rings. The van der Waals surface area contributed by atoms with Crippen molar-refractivity contribution in [2.45, 2.75) is 31.7 Å². The Hall–Kier alpha value is -0.880. The van der Waals surface area contributed by atoms with Crippen LogP contribution in [0, 0.1) is 5.92 Å². The van der Waals surface area contributed by atoms with E-state index in [0.717, 1.165) is 25.7 Å². The molecule has 0 saturated heterocycles. The molecule has 0 aliphatic heterocycles. The SMILES string of the molecule is O=c1[nH]c(=O)n([C@H]2CCCC[C@H]2CO)cc1Br. The molecule has 5 nitrogen and oxygen atoms in total. The molecule has 0 bridgehead atoms. The van der Waals surface area contributed by atoms with Crippen LogP contribution in [-0.2, 0) is 0 Å². The highest BCUT2D eigenvalue weighted by molar-refractivity contribution is 9.10. The third kappa shape index (κ3) is 2.52. The van der Waals surface area contributed by atoms with E-state index in [1.807, 2.05) is 0 Å².